The molecule has 0 spiro atoms. The van der Waals surface area contributed by atoms with Gasteiger partial charge in [0, 0.05) is 10.7 Å². The predicted octanol–water partition coefficient (Wildman–Crippen LogP) is 2.83. The number of pyridine rings is 1. The maximum atomic E-state index is 12.2. The first kappa shape index (κ1) is 14.5. The van der Waals surface area contributed by atoms with E-state index >= 15 is 0 Å². The van der Waals surface area contributed by atoms with Crippen LogP contribution in [-0.2, 0) is 10.0 Å². The van der Waals surface area contributed by atoms with Crippen LogP contribution in [0.25, 0.3) is 0 Å². The highest BCUT2D eigenvalue weighted by atomic mass is 79.9. The summed E-state index contributed by atoms with van der Waals surface area (Å²) in [6.45, 7) is 1.84. The highest BCUT2D eigenvalue weighted by molar-refractivity contribution is 9.10. The highest BCUT2D eigenvalue weighted by Crippen LogP contribution is 2.20. The van der Waals surface area contributed by atoms with Gasteiger partial charge in [0.15, 0.2) is 0 Å². The molecule has 7 heteroatoms. The van der Waals surface area contributed by atoms with Gasteiger partial charge in [0.25, 0.3) is 10.0 Å². The van der Waals surface area contributed by atoms with Crippen molar-refractivity contribution in [3.05, 3.63) is 52.1 Å². The standard InChI is InChI=1S/C13H10BrN3O2S/c1-9-6-13(16-8-12(9)14)17-20(18,19)11-4-2-10(7-15)3-5-11/h2-6,8H,1H3,(H,16,17). The van der Waals surface area contributed by atoms with Crippen LogP contribution in [0.1, 0.15) is 11.1 Å². The van der Waals surface area contributed by atoms with Gasteiger partial charge in [0.1, 0.15) is 5.82 Å². The van der Waals surface area contributed by atoms with Crippen molar-refractivity contribution in [2.75, 3.05) is 4.72 Å². The van der Waals surface area contributed by atoms with Crippen molar-refractivity contribution in [2.24, 2.45) is 0 Å². The Morgan fingerprint density at radius 1 is 1.30 bits per heavy atom. The number of rotatable bonds is 3. The van der Waals surface area contributed by atoms with Crippen LogP contribution in [-0.4, -0.2) is 13.4 Å². The van der Waals surface area contributed by atoms with Crippen LogP contribution in [0.3, 0.4) is 0 Å². The molecule has 0 unspecified atom stereocenters. The summed E-state index contributed by atoms with van der Waals surface area (Å²) in [5.74, 6) is 0.245. The maximum absolute atomic E-state index is 12.2. The molecular weight excluding hydrogens is 342 g/mol. The van der Waals surface area contributed by atoms with E-state index in [0.29, 0.717) is 5.56 Å². The minimum Gasteiger partial charge on any atom is -0.263 e. The number of anilines is 1. The van der Waals surface area contributed by atoms with E-state index in [2.05, 4.69) is 25.6 Å². The number of aromatic nitrogens is 1. The SMILES string of the molecule is Cc1cc(NS(=O)(=O)c2ccc(C#N)cc2)ncc1Br. The van der Waals surface area contributed by atoms with Gasteiger partial charge in [-0.3, -0.25) is 4.72 Å². The van der Waals surface area contributed by atoms with E-state index in [1.54, 1.807) is 6.07 Å². The summed E-state index contributed by atoms with van der Waals surface area (Å²) in [4.78, 5) is 4.08. The monoisotopic (exact) mass is 351 g/mol. The van der Waals surface area contributed by atoms with E-state index in [1.165, 1.54) is 30.5 Å². The Bertz CT molecular complexity index is 780. The van der Waals surface area contributed by atoms with Gasteiger partial charge in [-0.25, -0.2) is 13.4 Å². The summed E-state index contributed by atoms with van der Waals surface area (Å²) < 4.78 is 27.5. The summed E-state index contributed by atoms with van der Waals surface area (Å²) in [6, 6.07) is 9.24. The molecule has 0 aliphatic carbocycles. The summed E-state index contributed by atoms with van der Waals surface area (Å²) >= 11 is 3.30. The number of sulfonamides is 1. The van der Waals surface area contributed by atoms with Gasteiger partial charge in [0.2, 0.25) is 0 Å². The number of nitrogens with zero attached hydrogens (tertiary/aromatic N) is 2. The molecule has 1 aromatic heterocycles. The summed E-state index contributed by atoms with van der Waals surface area (Å²) in [5, 5.41) is 8.69. The van der Waals surface area contributed by atoms with Crippen molar-refractivity contribution in [3.63, 3.8) is 0 Å². The van der Waals surface area contributed by atoms with Crippen molar-refractivity contribution >= 4 is 31.8 Å². The fourth-order valence-electron chi connectivity index (χ4n) is 1.50. The van der Waals surface area contributed by atoms with Gasteiger partial charge in [-0.05, 0) is 58.7 Å². The molecule has 1 N–H and O–H groups in total. The van der Waals surface area contributed by atoms with Crippen molar-refractivity contribution in [1.29, 1.82) is 5.26 Å². The number of nitriles is 1. The summed E-state index contributed by atoms with van der Waals surface area (Å²) in [5.41, 5.74) is 1.28. The smallest absolute Gasteiger partial charge is 0.263 e. The first-order chi connectivity index (χ1) is 9.42. The van der Waals surface area contributed by atoms with E-state index < -0.39 is 10.0 Å². The number of hydrogen-bond acceptors (Lipinski definition) is 4. The minimum atomic E-state index is -3.71. The minimum absolute atomic E-state index is 0.0823. The molecule has 20 heavy (non-hydrogen) atoms. The zero-order valence-electron chi connectivity index (χ0n) is 10.5. The first-order valence-electron chi connectivity index (χ1n) is 5.57. The van der Waals surface area contributed by atoms with E-state index in [4.69, 9.17) is 5.26 Å². The number of nitrogens with one attached hydrogen (secondary N) is 1. The fraction of sp³-hybridized carbons (Fsp3) is 0.0769. The van der Waals surface area contributed by atoms with Crippen molar-refractivity contribution in [1.82, 2.24) is 4.98 Å². The Balaban J connectivity index is 2.30. The highest BCUT2D eigenvalue weighted by Gasteiger charge is 2.15. The van der Waals surface area contributed by atoms with E-state index in [1.807, 2.05) is 13.0 Å². The normalized spacial score (nSPS) is 10.8. The molecule has 1 heterocycles. The molecule has 0 atom stereocenters. The lowest BCUT2D eigenvalue weighted by molar-refractivity contribution is 0.601. The van der Waals surface area contributed by atoms with Gasteiger partial charge in [-0.15, -0.1) is 0 Å². The third-order valence-electron chi connectivity index (χ3n) is 2.58. The lowest BCUT2D eigenvalue weighted by Gasteiger charge is -2.08. The molecule has 102 valence electrons. The van der Waals surface area contributed by atoms with Crippen LogP contribution in [0.5, 0.6) is 0 Å². The molecule has 0 saturated carbocycles. The van der Waals surface area contributed by atoms with Crippen molar-refractivity contribution in [2.45, 2.75) is 11.8 Å². The number of benzene rings is 1. The molecule has 0 bridgehead atoms. The van der Waals surface area contributed by atoms with Crippen LogP contribution in [0.2, 0.25) is 0 Å². The largest absolute Gasteiger partial charge is 0.263 e. The average Bonchev–Trinajstić information content (AvgIpc) is 2.43. The fourth-order valence-corrected chi connectivity index (χ4v) is 2.72. The second-order valence-electron chi connectivity index (χ2n) is 4.06. The average molecular weight is 352 g/mol. The Morgan fingerprint density at radius 3 is 2.50 bits per heavy atom. The van der Waals surface area contributed by atoms with E-state index in [-0.39, 0.29) is 10.7 Å². The zero-order valence-corrected chi connectivity index (χ0v) is 12.9. The molecule has 0 radical (unpaired) electrons. The van der Waals surface area contributed by atoms with Crippen LogP contribution >= 0.6 is 15.9 Å². The van der Waals surface area contributed by atoms with Crippen molar-refractivity contribution < 1.29 is 8.42 Å². The lowest BCUT2D eigenvalue weighted by Crippen LogP contribution is -2.14. The van der Waals surface area contributed by atoms with E-state index in [9.17, 15) is 8.42 Å². The quantitative estimate of drug-likeness (QED) is 0.921. The van der Waals surface area contributed by atoms with Crippen LogP contribution in [0.4, 0.5) is 5.82 Å². The third kappa shape index (κ3) is 3.15. The van der Waals surface area contributed by atoms with Gasteiger partial charge >= 0.3 is 0 Å². The molecule has 5 nitrogen and oxygen atoms in total. The molecule has 0 amide bonds. The van der Waals surface area contributed by atoms with Crippen LogP contribution in [0.15, 0.2) is 45.9 Å². The van der Waals surface area contributed by atoms with Gasteiger partial charge in [-0.1, -0.05) is 0 Å². The van der Waals surface area contributed by atoms with Gasteiger partial charge in [-0.2, -0.15) is 5.26 Å². The zero-order chi connectivity index (χ0) is 14.8. The molecule has 2 aromatic rings. The van der Waals surface area contributed by atoms with Gasteiger partial charge < -0.3 is 0 Å². The molecule has 0 saturated heterocycles. The Kier molecular flexibility index (Phi) is 4.06. The third-order valence-corrected chi connectivity index (χ3v) is 4.78. The first-order valence-corrected chi connectivity index (χ1v) is 7.85. The second kappa shape index (κ2) is 5.61. The lowest BCUT2D eigenvalue weighted by atomic mass is 10.2. The van der Waals surface area contributed by atoms with E-state index in [0.717, 1.165) is 10.0 Å². The second-order valence-corrected chi connectivity index (χ2v) is 6.60. The molecule has 2 rings (SSSR count). The number of hydrogen-bond donors (Lipinski definition) is 1. The topological polar surface area (TPSA) is 82.9 Å². The Morgan fingerprint density at radius 2 is 1.95 bits per heavy atom. The molecule has 1 aromatic carbocycles. The summed E-state index contributed by atoms with van der Waals surface area (Å²) in [6.07, 6.45) is 1.53. The molecule has 0 fully saturated rings. The molecule has 0 aliphatic heterocycles. The van der Waals surface area contributed by atoms with Gasteiger partial charge in [0.05, 0.1) is 16.5 Å². The Hall–Kier alpha value is -1.91. The Labute approximate surface area is 125 Å². The van der Waals surface area contributed by atoms with Crippen LogP contribution in [0, 0.1) is 18.3 Å². The van der Waals surface area contributed by atoms with Crippen LogP contribution < -0.4 is 4.72 Å². The predicted molar refractivity (Wildman–Crippen MR) is 78.6 cm³/mol. The molecular formula is C13H10BrN3O2S. The molecule has 0 aliphatic rings. The van der Waals surface area contributed by atoms with Crippen molar-refractivity contribution in [3.8, 4) is 6.07 Å². The number of halogens is 1. The summed E-state index contributed by atoms with van der Waals surface area (Å²) in [7, 11) is -3.71. The maximum Gasteiger partial charge on any atom is 0.263 e. The number of aryl methyl sites for hydroxylation is 1.